The fourth-order valence-electron chi connectivity index (χ4n) is 2.71. The number of thiophene rings is 1. The van der Waals surface area contributed by atoms with Crippen molar-refractivity contribution in [2.75, 3.05) is 11.4 Å². The van der Waals surface area contributed by atoms with Crippen LogP contribution in [0.3, 0.4) is 0 Å². The number of nitrogens with zero attached hydrogens (tertiary/aromatic N) is 2. The van der Waals surface area contributed by atoms with E-state index in [4.69, 9.17) is 0 Å². The minimum absolute atomic E-state index is 0.0973. The highest BCUT2D eigenvalue weighted by molar-refractivity contribution is 7.07. The molecule has 0 radical (unpaired) electrons. The number of hydrogen-bond acceptors (Lipinski definition) is 4. The van der Waals surface area contributed by atoms with Gasteiger partial charge in [-0.3, -0.25) is 19.3 Å². The molecule has 1 saturated heterocycles. The third-order valence-corrected chi connectivity index (χ3v) is 4.73. The summed E-state index contributed by atoms with van der Waals surface area (Å²) >= 11 is 1.59. The van der Waals surface area contributed by atoms with Gasteiger partial charge in [0, 0.05) is 31.5 Å². The molecule has 2 aromatic rings. The topological polar surface area (TPSA) is 57.7 Å². The molecule has 0 aliphatic carbocycles. The monoisotopic (exact) mass is 342 g/mol. The van der Waals surface area contributed by atoms with E-state index in [9.17, 15) is 14.4 Å². The molecule has 24 heavy (non-hydrogen) atoms. The predicted molar refractivity (Wildman–Crippen MR) is 92.5 cm³/mol. The van der Waals surface area contributed by atoms with E-state index in [2.05, 4.69) is 0 Å². The highest BCUT2D eigenvalue weighted by Crippen LogP contribution is 2.20. The molecule has 3 amide bonds. The minimum atomic E-state index is -0.183. The number of carbonyl (C=O) groups is 3. The molecule has 0 saturated carbocycles. The van der Waals surface area contributed by atoms with Crippen LogP contribution in [0.1, 0.15) is 24.8 Å². The van der Waals surface area contributed by atoms with Crippen LogP contribution < -0.4 is 4.90 Å². The molecule has 1 fully saturated rings. The average Bonchev–Trinajstić information content (AvgIpc) is 3.22. The molecule has 3 rings (SSSR count). The van der Waals surface area contributed by atoms with Crippen molar-refractivity contribution >= 4 is 34.7 Å². The smallest absolute Gasteiger partial charge is 0.229 e. The molecule has 0 spiro atoms. The van der Waals surface area contributed by atoms with Crippen LogP contribution in [0.4, 0.5) is 5.69 Å². The molecule has 6 heteroatoms. The highest BCUT2D eigenvalue weighted by Gasteiger charge is 2.29. The van der Waals surface area contributed by atoms with Crippen molar-refractivity contribution in [3.63, 3.8) is 0 Å². The largest absolute Gasteiger partial charge is 0.308 e. The fourth-order valence-corrected chi connectivity index (χ4v) is 3.37. The van der Waals surface area contributed by atoms with E-state index < -0.39 is 0 Å². The lowest BCUT2D eigenvalue weighted by atomic mass is 10.2. The highest BCUT2D eigenvalue weighted by atomic mass is 32.1. The molecular formula is C18H18N2O3S. The number of benzene rings is 1. The molecular weight excluding hydrogens is 324 g/mol. The third-order valence-electron chi connectivity index (χ3n) is 3.99. The Bertz CT molecular complexity index is 712. The predicted octanol–water partition coefficient (Wildman–Crippen LogP) is 2.82. The molecule has 1 aromatic heterocycles. The third kappa shape index (κ3) is 3.71. The lowest BCUT2D eigenvalue weighted by Crippen LogP contribution is -2.36. The summed E-state index contributed by atoms with van der Waals surface area (Å²) in [6.07, 6.45) is 0.644. The Labute approximate surface area is 144 Å². The van der Waals surface area contributed by atoms with E-state index in [1.807, 2.05) is 47.2 Å². The summed E-state index contributed by atoms with van der Waals surface area (Å²) in [5, 5.41) is 3.99. The number of para-hydroxylation sites is 1. The van der Waals surface area contributed by atoms with Crippen molar-refractivity contribution in [3.05, 3.63) is 52.7 Å². The number of anilines is 1. The van der Waals surface area contributed by atoms with Gasteiger partial charge in [0.05, 0.1) is 6.54 Å². The van der Waals surface area contributed by atoms with Crippen LogP contribution in [0.25, 0.3) is 0 Å². The van der Waals surface area contributed by atoms with Gasteiger partial charge in [-0.15, -0.1) is 0 Å². The summed E-state index contributed by atoms with van der Waals surface area (Å²) in [5.74, 6) is -0.464. The zero-order valence-electron chi connectivity index (χ0n) is 13.2. The van der Waals surface area contributed by atoms with E-state index in [0.717, 1.165) is 11.3 Å². The maximum atomic E-state index is 12.7. The van der Waals surface area contributed by atoms with Gasteiger partial charge in [-0.2, -0.15) is 11.3 Å². The van der Waals surface area contributed by atoms with Gasteiger partial charge < -0.3 is 4.90 Å². The number of imide groups is 1. The Kier molecular flexibility index (Phi) is 5.05. The van der Waals surface area contributed by atoms with Gasteiger partial charge in [-0.1, -0.05) is 18.2 Å². The molecule has 2 heterocycles. The van der Waals surface area contributed by atoms with E-state index in [1.54, 1.807) is 16.2 Å². The Morgan fingerprint density at radius 3 is 2.42 bits per heavy atom. The van der Waals surface area contributed by atoms with E-state index >= 15 is 0 Å². The number of hydrogen-bond donors (Lipinski definition) is 0. The second-order valence-corrected chi connectivity index (χ2v) is 6.42. The van der Waals surface area contributed by atoms with Crippen molar-refractivity contribution < 1.29 is 14.4 Å². The van der Waals surface area contributed by atoms with Crippen molar-refractivity contribution in [1.82, 2.24) is 4.90 Å². The van der Waals surface area contributed by atoms with Crippen LogP contribution in [0, 0.1) is 0 Å². The van der Waals surface area contributed by atoms with Gasteiger partial charge in [-0.05, 0) is 34.5 Å². The maximum Gasteiger partial charge on any atom is 0.229 e. The van der Waals surface area contributed by atoms with Gasteiger partial charge in [-0.25, -0.2) is 0 Å². The maximum absolute atomic E-state index is 12.7. The Morgan fingerprint density at radius 2 is 1.79 bits per heavy atom. The van der Waals surface area contributed by atoms with Crippen molar-refractivity contribution in [2.45, 2.75) is 25.8 Å². The number of amides is 3. The second kappa shape index (κ2) is 7.40. The molecule has 1 aromatic carbocycles. The van der Waals surface area contributed by atoms with Gasteiger partial charge in [0.25, 0.3) is 0 Å². The molecule has 5 nitrogen and oxygen atoms in total. The van der Waals surface area contributed by atoms with Crippen LogP contribution in [0.5, 0.6) is 0 Å². The molecule has 0 bridgehead atoms. The summed E-state index contributed by atoms with van der Waals surface area (Å²) in [6, 6.07) is 11.4. The summed E-state index contributed by atoms with van der Waals surface area (Å²) in [4.78, 5) is 39.0. The van der Waals surface area contributed by atoms with Gasteiger partial charge in [0.2, 0.25) is 17.7 Å². The van der Waals surface area contributed by atoms with Crippen LogP contribution in [-0.4, -0.2) is 29.2 Å². The van der Waals surface area contributed by atoms with Crippen molar-refractivity contribution in [2.24, 2.45) is 0 Å². The van der Waals surface area contributed by atoms with Crippen LogP contribution in [0.2, 0.25) is 0 Å². The van der Waals surface area contributed by atoms with Gasteiger partial charge in [0.15, 0.2) is 0 Å². The number of carbonyl (C=O) groups excluding carboxylic acids is 3. The van der Waals surface area contributed by atoms with Gasteiger partial charge in [0.1, 0.15) is 0 Å². The Morgan fingerprint density at radius 1 is 1.08 bits per heavy atom. The van der Waals surface area contributed by atoms with Crippen molar-refractivity contribution in [3.8, 4) is 0 Å². The van der Waals surface area contributed by atoms with E-state index in [-0.39, 0.29) is 43.5 Å². The van der Waals surface area contributed by atoms with Crippen LogP contribution in [-0.2, 0) is 20.9 Å². The standard InChI is InChI=1S/C18H18N2O3S/c21-16-6-7-17(22)19(16)10-8-18(23)20(12-14-9-11-24-13-14)15-4-2-1-3-5-15/h1-5,9,11,13H,6-8,10,12H2. The molecule has 1 aliphatic rings. The number of rotatable bonds is 6. The quantitative estimate of drug-likeness (QED) is 0.759. The Hall–Kier alpha value is -2.47. The molecule has 0 atom stereocenters. The van der Waals surface area contributed by atoms with E-state index in [1.165, 1.54) is 4.90 Å². The summed E-state index contributed by atoms with van der Waals surface area (Å²) in [6.45, 7) is 0.637. The van der Waals surface area contributed by atoms with Crippen molar-refractivity contribution in [1.29, 1.82) is 0 Å². The SMILES string of the molecule is O=C1CCC(=O)N1CCC(=O)N(Cc1ccsc1)c1ccccc1. The molecule has 0 N–H and O–H groups in total. The second-order valence-electron chi connectivity index (χ2n) is 5.64. The fraction of sp³-hybridized carbons (Fsp3) is 0.278. The first-order chi connectivity index (χ1) is 11.6. The first kappa shape index (κ1) is 16.4. The molecule has 0 unspecified atom stereocenters. The molecule has 124 valence electrons. The Balaban J connectivity index is 1.71. The normalized spacial score (nSPS) is 14.2. The number of likely N-dealkylation sites (tertiary alicyclic amines) is 1. The van der Waals surface area contributed by atoms with Gasteiger partial charge >= 0.3 is 0 Å². The van der Waals surface area contributed by atoms with Crippen LogP contribution >= 0.6 is 11.3 Å². The lowest BCUT2D eigenvalue weighted by molar-refractivity contribution is -0.138. The first-order valence-electron chi connectivity index (χ1n) is 7.85. The zero-order chi connectivity index (χ0) is 16.9. The van der Waals surface area contributed by atoms with E-state index in [0.29, 0.717) is 6.54 Å². The summed E-state index contributed by atoms with van der Waals surface area (Å²) in [7, 11) is 0. The first-order valence-corrected chi connectivity index (χ1v) is 8.79. The minimum Gasteiger partial charge on any atom is -0.308 e. The average molecular weight is 342 g/mol. The summed E-state index contributed by atoms with van der Waals surface area (Å²) < 4.78 is 0. The molecule has 1 aliphatic heterocycles. The van der Waals surface area contributed by atoms with Crippen LogP contribution in [0.15, 0.2) is 47.2 Å². The lowest BCUT2D eigenvalue weighted by Gasteiger charge is -2.23. The zero-order valence-corrected chi connectivity index (χ0v) is 14.0. The summed E-state index contributed by atoms with van der Waals surface area (Å²) in [5.41, 5.74) is 1.87.